The van der Waals surface area contributed by atoms with Gasteiger partial charge in [-0.3, -0.25) is 4.79 Å². The number of halogens is 5. The van der Waals surface area contributed by atoms with Gasteiger partial charge < -0.3 is 9.84 Å². The second kappa shape index (κ2) is 5.15. The number of aromatic nitrogens is 1. The molecular weight excluding hydrogens is 265 g/mol. The molecule has 0 radical (unpaired) electrons. The van der Waals surface area contributed by atoms with Crippen LogP contribution in [0.3, 0.4) is 0 Å². The van der Waals surface area contributed by atoms with E-state index < -0.39 is 48.4 Å². The Hall–Kier alpha value is -1.93. The van der Waals surface area contributed by atoms with Gasteiger partial charge in [-0.25, -0.2) is 13.8 Å². The molecule has 0 atom stereocenters. The van der Waals surface area contributed by atoms with E-state index >= 15 is 0 Å². The number of hydrogen-bond donors (Lipinski definition) is 1. The molecular formula is C9H6F5NO3. The Balaban J connectivity index is 3.20. The zero-order valence-corrected chi connectivity index (χ0v) is 8.59. The molecule has 100 valence electrons. The normalized spacial score (nSPS) is 11.4. The van der Waals surface area contributed by atoms with Crippen molar-refractivity contribution in [1.82, 2.24) is 4.98 Å². The number of alkyl halides is 4. The predicted octanol–water partition coefficient (Wildman–Crippen LogP) is 2.22. The van der Waals surface area contributed by atoms with E-state index in [1.165, 1.54) is 0 Å². The second-order valence-corrected chi connectivity index (χ2v) is 3.11. The standard InChI is InChI=1S/C9H6F5NO3/c10-3-6-4(11)1-7(18-9(12,13)14)5(15-6)2-8(16)17/h1H,2-3H2,(H,16,17). The van der Waals surface area contributed by atoms with Gasteiger partial charge in [-0.1, -0.05) is 0 Å². The molecule has 18 heavy (non-hydrogen) atoms. The summed E-state index contributed by atoms with van der Waals surface area (Å²) in [5, 5.41) is 8.46. The summed E-state index contributed by atoms with van der Waals surface area (Å²) in [5.41, 5.74) is -1.48. The molecule has 0 saturated carbocycles. The lowest BCUT2D eigenvalue weighted by Crippen LogP contribution is -2.20. The largest absolute Gasteiger partial charge is 0.573 e. The van der Waals surface area contributed by atoms with E-state index in [0.29, 0.717) is 0 Å². The van der Waals surface area contributed by atoms with E-state index in [1.807, 2.05) is 0 Å². The molecule has 0 unspecified atom stereocenters. The van der Waals surface area contributed by atoms with Crippen LogP contribution in [0.15, 0.2) is 6.07 Å². The van der Waals surface area contributed by atoms with Crippen LogP contribution in [0.2, 0.25) is 0 Å². The fourth-order valence-corrected chi connectivity index (χ4v) is 1.13. The van der Waals surface area contributed by atoms with Crippen molar-refractivity contribution < 1.29 is 36.6 Å². The van der Waals surface area contributed by atoms with Crippen molar-refractivity contribution in [3.8, 4) is 5.75 Å². The number of pyridine rings is 1. The minimum Gasteiger partial charge on any atom is -0.481 e. The molecule has 4 nitrogen and oxygen atoms in total. The molecule has 1 heterocycles. The first kappa shape index (κ1) is 14.1. The summed E-state index contributed by atoms with van der Waals surface area (Å²) >= 11 is 0. The maximum absolute atomic E-state index is 13.0. The minimum atomic E-state index is -5.13. The fraction of sp³-hybridized carbons (Fsp3) is 0.333. The van der Waals surface area contributed by atoms with Gasteiger partial charge in [0.05, 0.1) is 12.1 Å². The maximum atomic E-state index is 13.0. The zero-order chi connectivity index (χ0) is 13.9. The van der Waals surface area contributed by atoms with Gasteiger partial charge in [0.15, 0.2) is 11.6 Å². The highest BCUT2D eigenvalue weighted by Gasteiger charge is 2.33. The third-order valence-electron chi connectivity index (χ3n) is 1.76. The molecule has 0 bridgehead atoms. The number of carboxylic acid groups (broad SMARTS) is 1. The van der Waals surface area contributed by atoms with Crippen molar-refractivity contribution in [3.05, 3.63) is 23.3 Å². The first-order valence-electron chi connectivity index (χ1n) is 4.44. The maximum Gasteiger partial charge on any atom is 0.573 e. The molecule has 0 aromatic carbocycles. The molecule has 9 heteroatoms. The van der Waals surface area contributed by atoms with Crippen molar-refractivity contribution in [3.63, 3.8) is 0 Å². The van der Waals surface area contributed by atoms with Gasteiger partial charge >= 0.3 is 12.3 Å². The van der Waals surface area contributed by atoms with Gasteiger partial charge in [-0.2, -0.15) is 0 Å². The van der Waals surface area contributed by atoms with Gasteiger partial charge in [0.2, 0.25) is 0 Å². The van der Waals surface area contributed by atoms with Gasteiger partial charge in [-0.05, 0) is 0 Å². The van der Waals surface area contributed by atoms with Crippen molar-refractivity contribution >= 4 is 5.97 Å². The first-order valence-corrected chi connectivity index (χ1v) is 4.44. The number of aliphatic carboxylic acids is 1. The highest BCUT2D eigenvalue weighted by molar-refractivity contribution is 5.70. The number of carbonyl (C=O) groups is 1. The van der Waals surface area contributed by atoms with Crippen LogP contribution < -0.4 is 4.74 Å². The summed E-state index contributed by atoms with van der Waals surface area (Å²) in [6.45, 7) is -1.37. The van der Waals surface area contributed by atoms with Crippen LogP contribution in [0.25, 0.3) is 0 Å². The lowest BCUT2D eigenvalue weighted by molar-refractivity contribution is -0.275. The Labute approximate surface area is 97.0 Å². The van der Waals surface area contributed by atoms with Crippen molar-refractivity contribution in [2.24, 2.45) is 0 Å². The quantitative estimate of drug-likeness (QED) is 0.853. The molecule has 0 aliphatic rings. The lowest BCUT2D eigenvalue weighted by Gasteiger charge is -2.12. The molecule has 0 aliphatic carbocycles. The van der Waals surface area contributed by atoms with Gasteiger partial charge in [0, 0.05) is 6.07 Å². The molecule has 0 amide bonds. The van der Waals surface area contributed by atoms with Crippen LogP contribution in [0.5, 0.6) is 5.75 Å². The highest BCUT2D eigenvalue weighted by Crippen LogP contribution is 2.27. The van der Waals surface area contributed by atoms with Crippen LogP contribution in [0, 0.1) is 5.82 Å². The highest BCUT2D eigenvalue weighted by atomic mass is 19.4. The lowest BCUT2D eigenvalue weighted by atomic mass is 10.2. The first-order chi connectivity index (χ1) is 8.23. The number of ether oxygens (including phenoxy) is 1. The number of carboxylic acids is 1. The van der Waals surface area contributed by atoms with Crippen LogP contribution in [0.4, 0.5) is 22.0 Å². The topological polar surface area (TPSA) is 59.4 Å². The summed E-state index contributed by atoms with van der Waals surface area (Å²) in [4.78, 5) is 13.6. The third kappa shape index (κ3) is 3.82. The van der Waals surface area contributed by atoms with Crippen molar-refractivity contribution in [2.75, 3.05) is 0 Å². The van der Waals surface area contributed by atoms with Crippen LogP contribution in [-0.4, -0.2) is 22.4 Å². The second-order valence-electron chi connectivity index (χ2n) is 3.11. The van der Waals surface area contributed by atoms with E-state index in [0.717, 1.165) is 0 Å². The third-order valence-corrected chi connectivity index (χ3v) is 1.76. The molecule has 1 aromatic heterocycles. The van der Waals surface area contributed by atoms with E-state index in [2.05, 4.69) is 9.72 Å². The van der Waals surface area contributed by atoms with Crippen LogP contribution in [0.1, 0.15) is 11.4 Å². The summed E-state index contributed by atoms with van der Waals surface area (Å²) in [6, 6.07) is 0.258. The number of rotatable bonds is 4. The molecule has 1 rings (SSSR count). The van der Waals surface area contributed by atoms with E-state index in [4.69, 9.17) is 5.11 Å². The molecule has 0 saturated heterocycles. The smallest absolute Gasteiger partial charge is 0.481 e. The Kier molecular flexibility index (Phi) is 4.04. The van der Waals surface area contributed by atoms with Gasteiger partial charge in [0.25, 0.3) is 0 Å². The molecule has 1 N–H and O–H groups in total. The van der Waals surface area contributed by atoms with Gasteiger partial charge in [0.1, 0.15) is 12.4 Å². The monoisotopic (exact) mass is 271 g/mol. The Morgan fingerprint density at radius 2 is 2.00 bits per heavy atom. The fourth-order valence-electron chi connectivity index (χ4n) is 1.13. The van der Waals surface area contributed by atoms with Crippen LogP contribution in [-0.2, 0) is 17.9 Å². The average Bonchev–Trinajstić information content (AvgIpc) is 2.19. The molecule has 0 spiro atoms. The summed E-state index contributed by atoms with van der Waals surface area (Å²) in [7, 11) is 0. The van der Waals surface area contributed by atoms with Gasteiger partial charge in [-0.15, -0.1) is 13.2 Å². The number of nitrogens with zero attached hydrogens (tertiary/aromatic N) is 1. The average molecular weight is 271 g/mol. The molecule has 0 aliphatic heterocycles. The predicted molar refractivity (Wildman–Crippen MR) is 47.0 cm³/mol. The molecule has 0 fully saturated rings. The molecule has 1 aromatic rings. The van der Waals surface area contributed by atoms with Crippen LogP contribution >= 0.6 is 0 Å². The SMILES string of the molecule is O=C(O)Cc1nc(CF)c(F)cc1OC(F)(F)F. The Bertz CT molecular complexity index is 460. The summed E-state index contributed by atoms with van der Waals surface area (Å²) in [6.07, 6.45) is -6.07. The Morgan fingerprint density at radius 1 is 1.39 bits per heavy atom. The van der Waals surface area contributed by atoms with E-state index in [9.17, 15) is 26.7 Å². The van der Waals surface area contributed by atoms with E-state index in [1.54, 1.807) is 0 Å². The van der Waals surface area contributed by atoms with Crippen molar-refractivity contribution in [1.29, 1.82) is 0 Å². The Morgan fingerprint density at radius 3 is 2.44 bits per heavy atom. The summed E-state index contributed by atoms with van der Waals surface area (Å²) < 4.78 is 64.7. The van der Waals surface area contributed by atoms with E-state index in [-0.39, 0.29) is 6.07 Å². The zero-order valence-electron chi connectivity index (χ0n) is 8.59. The number of hydrogen-bond acceptors (Lipinski definition) is 3. The van der Waals surface area contributed by atoms with Crippen molar-refractivity contribution in [2.45, 2.75) is 19.5 Å². The minimum absolute atomic E-state index is 0.258. The summed E-state index contributed by atoms with van der Waals surface area (Å²) in [5.74, 6) is -3.95.